The quantitative estimate of drug-likeness (QED) is 0.689. The first-order chi connectivity index (χ1) is 15.0. The average molecular weight is 419 g/mol. The summed E-state index contributed by atoms with van der Waals surface area (Å²) in [4.78, 5) is 33.0. The number of likely N-dealkylation sites (N-methyl/N-ethyl adjacent to an activating group) is 1. The number of nitrogens with zero attached hydrogens (tertiary/aromatic N) is 2. The van der Waals surface area contributed by atoms with Crippen LogP contribution in [-0.2, 0) is 16.0 Å². The van der Waals surface area contributed by atoms with Crippen LogP contribution in [0.4, 0.5) is 0 Å². The number of ether oxygens (including phenoxy) is 3. The minimum absolute atomic E-state index is 0.0479. The summed E-state index contributed by atoms with van der Waals surface area (Å²) in [6.07, 6.45) is 0.457. The van der Waals surface area contributed by atoms with Gasteiger partial charge in [-0.1, -0.05) is 6.07 Å². The van der Waals surface area contributed by atoms with Gasteiger partial charge >= 0.3 is 0 Å². The highest BCUT2D eigenvalue weighted by molar-refractivity contribution is 5.97. The number of amides is 2. The Morgan fingerprint density at radius 2 is 1.94 bits per heavy atom. The molecule has 2 aromatic carbocycles. The number of hydrogen-bond acceptors (Lipinski definition) is 5. The third-order valence-electron chi connectivity index (χ3n) is 6.47. The van der Waals surface area contributed by atoms with Gasteiger partial charge in [-0.3, -0.25) is 9.59 Å². The van der Waals surface area contributed by atoms with Crippen LogP contribution in [0.3, 0.4) is 0 Å². The summed E-state index contributed by atoms with van der Waals surface area (Å²) in [6.45, 7) is 0.245. The molecule has 3 aliphatic rings. The molecule has 1 aromatic heterocycles. The van der Waals surface area contributed by atoms with E-state index in [4.69, 9.17) is 14.2 Å². The normalized spacial score (nSPS) is 22.0. The van der Waals surface area contributed by atoms with Crippen molar-refractivity contribution in [2.24, 2.45) is 0 Å². The molecule has 1 fully saturated rings. The molecule has 2 atom stereocenters. The fraction of sp³-hybridized carbons (Fsp3) is 0.304. The molecule has 8 nitrogen and oxygen atoms in total. The van der Waals surface area contributed by atoms with Crippen LogP contribution in [0, 0.1) is 0 Å². The number of aromatic nitrogens is 1. The number of piperazine rings is 1. The monoisotopic (exact) mass is 419 g/mol. The fourth-order valence-electron chi connectivity index (χ4n) is 4.99. The van der Waals surface area contributed by atoms with Gasteiger partial charge in [0.2, 0.25) is 18.6 Å². The Bertz CT molecular complexity index is 1250. The first kappa shape index (κ1) is 18.1. The van der Waals surface area contributed by atoms with Gasteiger partial charge in [0.1, 0.15) is 11.8 Å². The van der Waals surface area contributed by atoms with Crippen LogP contribution >= 0.6 is 0 Å². The summed E-state index contributed by atoms with van der Waals surface area (Å²) in [5.41, 5.74) is 3.78. The summed E-state index contributed by atoms with van der Waals surface area (Å²) >= 11 is 0. The van der Waals surface area contributed by atoms with Crippen LogP contribution in [-0.4, -0.2) is 60.1 Å². The number of aromatic amines is 1. The molecule has 3 aliphatic heterocycles. The van der Waals surface area contributed by atoms with Crippen molar-refractivity contribution < 1.29 is 23.8 Å². The molecule has 31 heavy (non-hydrogen) atoms. The summed E-state index contributed by atoms with van der Waals surface area (Å²) in [5, 5.41) is 1.01. The van der Waals surface area contributed by atoms with Gasteiger partial charge in [0.25, 0.3) is 0 Å². The van der Waals surface area contributed by atoms with Crippen molar-refractivity contribution in [1.82, 2.24) is 14.8 Å². The van der Waals surface area contributed by atoms with E-state index < -0.39 is 12.1 Å². The number of methoxy groups -OCH3 is 1. The van der Waals surface area contributed by atoms with E-state index in [-0.39, 0.29) is 25.2 Å². The number of carbonyl (C=O) groups excluding carboxylic acids is 2. The van der Waals surface area contributed by atoms with E-state index in [1.54, 1.807) is 19.1 Å². The van der Waals surface area contributed by atoms with Crippen molar-refractivity contribution in [2.45, 2.75) is 18.5 Å². The summed E-state index contributed by atoms with van der Waals surface area (Å²) in [7, 11) is 3.32. The second-order valence-corrected chi connectivity index (χ2v) is 8.16. The molecule has 158 valence electrons. The van der Waals surface area contributed by atoms with E-state index in [0.29, 0.717) is 17.9 Å². The molecule has 1 N–H and O–H groups in total. The van der Waals surface area contributed by atoms with Crippen molar-refractivity contribution >= 4 is 22.7 Å². The number of benzene rings is 2. The topological polar surface area (TPSA) is 84.1 Å². The molecule has 0 bridgehead atoms. The lowest BCUT2D eigenvalue weighted by Gasteiger charge is -2.46. The Morgan fingerprint density at radius 1 is 1.10 bits per heavy atom. The molecule has 4 heterocycles. The predicted octanol–water partition coefficient (Wildman–Crippen LogP) is 2.22. The van der Waals surface area contributed by atoms with Crippen molar-refractivity contribution in [3.05, 3.63) is 53.2 Å². The zero-order valence-corrected chi connectivity index (χ0v) is 17.2. The maximum atomic E-state index is 13.2. The number of carbonyl (C=O) groups is 2. The van der Waals surface area contributed by atoms with Crippen LogP contribution < -0.4 is 14.2 Å². The third-order valence-corrected chi connectivity index (χ3v) is 6.47. The molecule has 2 amide bonds. The van der Waals surface area contributed by atoms with Gasteiger partial charge in [0.15, 0.2) is 11.5 Å². The fourth-order valence-corrected chi connectivity index (χ4v) is 4.99. The smallest absolute Gasteiger partial charge is 0.245 e. The Kier molecular flexibility index (Phi) is 3.74. The highest BCUT2D eigenvalue weighted by Crippen LogP contribution is 2.45. The molecule has 8 heteroatoms. The van der Waals surface area contributed by atoms with Crippen LogP contribution in [0.15, 0.2) is 36.4 Å². The number of rotatable bonds is 2. The van der Waals surface area contributed by atoms with Gasteiger partial charge in [0.05, 0.1) is 19.7 Å². The van der Waals surface area contributed by atoms with Crippen LogP contribution in [0.5, 0.6) is 17.2 Å². The molecule has 0 spiro atoms. The van der Waals surface area contributed by atoms with E-state index in [2.05, 4.69) is 4.98 Å². The van der Waals surface area contributed by atoms with Gasteiger partial charge < -0.3 is 29.0 Å². The largest absolute Gasteiger partial charge is 0.497 e. The van der Waals surface area contributed by atoms with Gasteiger partial charge in [-0.25, -0.2) is 0 Å². The molecular weight excluding hydrogens is 398 g/mol. The minimum atomic E-state index is -0.556. The molecule has 0 saturated carbocycles. The van der Waals surface area contributed by atoms with Crippen molar-refractivity contribution in [2.75, 3.05) is 27.5 Å². The maximum Gasteiger partial charge on any atom is 0.245 e. The summed E-state index contributed by atoms with van der Waals surface area (Å²) < 4.78 is 16.5. The van der Waals surface area contributed by atoms with Gasteiger partial charge in [-0.15, -0.1) is 0 Å². The molecule has 1 saturated heterocycles. The minimum Gasteiger partial charge on any atom is -0.497 e. The third kappa shape index (κ3) is 2.54. The lowest BCUT2D eigenvalue weighted by atomic mass is 9.86. The van der Waals surface area contributed by atoms with Gasteiger partial charge in [0, 0.05) is 30.1 Å². The zero-order valence-electron chi connectivity index (χ0n) is 17.2. The number of hydrogen-bond donors (Lipinski definition) is 1. The molecule has 0 aliphatic carbocycles. The maximum absolute atomic E-state index is 13.2. The molecule has 3 aromatic rings. The van der Waals surface area contributed by atoms with Crippen LogP contribution in [0.1, 0.15) is 22.9 Å². The zero-order chi connectivity index (χ0) is 21.3. The highest BCUT2D eigenvalue weighted by Gasteiger charge is 2.47. The molecular formula is C23H21N3O5. The molecule has 6 rings (SSSR count). The van der Waals surface area contributed by atoms with Crippen LogP contribution in [0.2, 0.25) is 0 Å². The summed E-state index contributed by atoms with van der Waals surface area (Å²) in [6, 6.07) is 10.6. The molecule has 0 radical (unpaired) electrons. The van der Waals surface area contributed by atoms with E-state index >= 15 is 0 Å². The van der Waals surface area contributed by atoms with E-state index in [9.17, 15) is 9.59 Å². The first-order valence-corrected chi connectivity index (χ1v) is 10.2. The van der Waals surface area contributed by atoms with Crippen molar-refractivity contribution in [3.8, 4) is 17.2 Å². The van der Waals surface area contributed by atoms with Gasteiger partial charge in [-0.2, -0.15) is 0 Å². The van der Waals surface area contributed by atoms with Gasteiger partial charge in [-0.05, 0) is 41.5 Å². The second-order valence-electron chi connectivity index (χ2n) is 8.16. The summed E-state index contributed by atoms with van der Waals surface area (Å²) in [5.74, 6) is 1.95. The Labute approximate surface area is 178 Å². The highest BCUT2D eigenvalue weighted by atomic mass is 16.7. The van der Waals surface area contributed by atoms with Crippen LogP contribution in [0.25, 0.3) is 10.9 Å². The lowest BCUT2D eigenvalue weighted by molar-refractivity contribution is -0.157. The van der Waals surface area contributed by atoms with E-state index in [1.807, 2.05) is 36.4 Å². The standard InChI is InChI=1S/C23H21N3O5/c1-25-10-20(27)26-17(23(25)28)9-15-14-8-13(29-2)4-5-16(14)24-21(15)22(26)12-3-6-18-19(7-12)31-11-30-18/h3-8,17,22,24H,9-11H2,1-2H3/t17-,22+/m1/s1. The predicted molar refractivity (Wildman–Crippen MR) is 111 cm³/mol. The first-order valence-electron chi connectivity index (χ1n) is 10.2. The average Bonchev–Trinajstić information content (AvgIpc) is 3.39. The SMILES string of the molecule is COc1ccc2[nH]c3c(c2c1)C[C@@H]1C(=O)N(C)CC(=O)N1[C@H]3c1ccc2c(c1)OCO2. The van der Waals surface area contributed by atoms with Crippen molar-refractivity contribution in [3.63, 3.8) is 0 Å². The van der Waals surface area contributed by atoms with E-state index in [0.717, 1.165) is 33.5 Å². The van der Waals surface area contributed by atoms with Crippen molar-refractivity contribution in [1.29, 1.82) is 0 Å². The Morgan fingerprint density at radius 3 is 2.77 bits per heavy atom. The molecule has 0 unspecified atom stereocenters. The number of H-pyrrole nitrogens is 1. The lowest BCUT2D eigenvalue weighted by Crippen LogP contribution is -2.62. The number of nitrogens with one attached hydrogen (secondary N) is 1. The van der Waals surface area contributed by atoms with E-state index in [1.165, 1.54) is 4.90 Å². The second kappa shape index (κ2) is 6.41. The Hall–Kier alpha value is -3.68. The Balaban J connectivity index is 1.59. The number of fused-ring (bicyclic) bond motifs is 5.